The zero-order valence-electron chi connectivity index (χ0n) is 7.79. The third-order valence-corrected chi connectivity index (χ3v) is 1.72. The van der Waals surface area contributed by atoms with Crippen molar-refractivity contribution in [3.63, 3.8) is 0 Å². The summed E-state index contributed by atoms with van der Waals surface area (Å²) >= 11 is 0. The highest BCUT2D eigenvalue weighted by Gasteiger charge is 2.13. The van der Waals surface area contributed by atoms with Gasteiger partial charge in [0.1, 0.15) is 11.5 Å². The largest absolute Gasteiger partial charge is 0.380 e. The maximum atomic E-state index is 12.7. The van der Waals surface area contributed by atoms with Gasteiger partial charge in [0.2, 0.25) is 0 Å². The number of hydrogen-bond acceptors (Lipinski definition) is 3. The van der Waals surface area contributed by atoms with E-state index in [-0.39, 0.29) is 5.69 Å². The molecule has 0 saturated carbocycles. The van der Waals surface area contributed by atoms with Gasteiger partial charge in [0.15, 0.2) is 0 Å². The lowest BCUT2D eigenvalue weighted by Crippen LogP contribution is -2.03. The summed E-state index contributed by atoms with van der Waals surface area (Å²) in [5.41, 5.74) is 0.136. The third-order valence-electron chi connectivity index (χ3n) is 1.72. The minimum atomic E-state index is -0.598. The Balaban J connectivity index is 2.96. The highest BCUT2D eigenvalue weighted by Crippen LogP contribution is 2.24. The van der Waals surface area contributed by atoms with Crippen molar-refractivity contribution in [1.29, 1.82) is 0 Å². The van der Waals surface area contributed by atoms with Gasteiger partial charge in [-0.3, -0.25) is 10.1 Å². The van der Waals surface area contributed by atoms with E-state index < -0.39 is 10.7 Å². The summed E-state index contributed by atoms with van der Waals surface area (Å²) < 4.78 is 12.7. The van der Waals surface area contributed by atoms with Gasteiger partial charge in [-0.15, -0.1) is 0 Å². The number of benzene rings is 1. The van der Waals surface area contributed by atoms with Crippen molar-refractivity contribution < 1.29 is 9.31 Å². The standard InChI is InChI=1S/C9H11FN2O2/c1-2-5-11-8-4-3-7(10)6-9(8)12(13)14/h3-4,6,11H,2,5H2,1H3. The molecule has 0 radical (unpaired) electrons. The maximum absolute atomic E-state index is 12.7. The number of nitrogens with zero attached hydrogens (tertiary/aromatic N) is 1. The van der Waals surface area contributed by atoms with Crippen LogP contribution in [-0.4, -0.2) is 11.5 Å². The molecule has 0 bridgehead atoms. The molecule has 0 aliphatic rings. The molecule has 1 aromatic rings. The van der Waals surface area contributed by atoms with Gasteiger partial charge < -0.3 is 5.32 Å². The average molecular weight is 198 g/mol. The van der Waals surface area contributed by atoms with Crippen molar-refractivity contribution >= 4 is 11.4 Å². The van der Waals surface area contributed by atoms with Crippen molar-refractivity contribution in [2.24, 2.45) is 0 Å². The van der Waals surface area contributed by atoms with Crippen LogP contribution in [0, 0.1) is 15.9 Å². The predicted molar refractivity (Wildman–Crippen MR) is 51.8 cm³/mol. The summed E-state index contributed by atoms with van der Waals surface area (Å²) in [6.45, 7) is 2.58. The van der Waals surface area contributed by atoms with E-state index in [4.69, 9.17) is 0 Å². The first-order valence-electron chi connectivity index (χ1n) is 4.33. The lowest BCUT2D eigenvalue weighted by molar-refractivity contribution is -0.384. The number of halogens is 1. The Morgan fingerprint density at radius 2 is 2.29 bits per heavy atom. The normalized spacial score (nSPS) is 9.86. The molecule has 0 spiro atoms. The van der Waals surface area contributed by atoms with Crippen LogP contribution in [0.2, 0.25) is 0 Å². The molecule has 0 amide bonds. The molecular weight excluding hydrogens is 187 g/mol. The molecular formula is C9H11FN2O2. The summed E-state index contributed by atoms with van der Waals surface area (Å²) in [6.07, 6.45) is 0.856. The van der Waals surface area contributed by atoms with E-state index >= 15 is 0 Å². The Kier molecular flexibility index (Phi) is 3.39. The fourth-order valence-corrected chi connectivity index (χ4v) is 1.07. The molecule has 0 saturated heterocycles. The second kappa shape index (κ2) is 4.55. The van der Waals surface area contributed by atoms with Gasteiger partial charge in [-0.1, -0.05) is 6.92 Å². The molecule has 1 rings (SSSR count). The Morgan fingerprint density at radius 1 is 1.57 bits per heavy atom. The third kappa shape index (κ3) is 2.42. The van der Waals surface area contributed by atoms with Gasteiger partial charge in [0.25, 0.3) is 5.69 Å². The average Bonchev–Trinajstić information content (AvgIpc) is 2.15. The van der Waals surface area contributed by atoms with E-state index in [2.05, 4.69) is 5.32 Å². The van der Waals surface area contributed by atoms with Crippen molar-refractivity contribution in [2.45, 2.75) is 13.3 Å². The molecule has 5 heteroatoms. The second-order valence-corrected chi connectivity index (χ2v) is 2.85. The van der Waals surface area contributed by atoms with E-state index in [1.807, 2.05) is 6.92 Å². The van der Waals surface area contributed by atoms with Crippen LogP contribution in [0.4, 0.5) is 15.8 Å². The summed E-state index contributed by atoms with van der Waals surface area (Å²) in [5, 5.41) is 13.4. The zero-order valence-corrected chi connectivity index (χ0v) is 7.79. The van der Waals surface area contributed by atoms with E-state index in [1.54, 1.807) is 0 Å². The van der Waals surface area contributed by atoms with Crippen LogP contribution in [-0.2, 0) is 0 Å². The first-order chi connectivity index (χ1) is 6.65. The molecule has 0 aromatic heterocycles. The first-order valence-corrected chi connectivity index (χ1v) is 4.33. The topological polar surface area (TPSA) is 55.2 Å². The highest BCUT2D eigenvalue weighted by atomic mass is 19.1. The number of nitro groups is 1. The molecule has 0 aliphatic carbocycles. The van der Waals surface area contributed by atoms with Gasteiger partial charge in [0.05, 0.1) is 11.0 Å². The van der Waals surface area contributed by atoms with Crippen LogP contribution >= 0.6 is 0 Å². The van der Waals surface area contributed by atoms with Crippen LogP contribution in [0.5, 0.6) is 0 Å². The van der Waals surface area contributed by atoms with Gasteiger partial charge in [-0.05, 0) is 18.6 Å². The molecule has 0 unspecified atom stereocenters. The van der Waals surface area contributed by atoms with E-state index in [0.29, 0.717) is 12.2 Å². The van der Waals surface area contributed by atoms with Crippen LogP contribution in [0.1, 0.15) is 13.3 Å². The van der Waals surface area contributed by atoms with Crippen LogP contribution in [0.3, 0.4) is 0 Å². The summed E-state index contributed by atoms with van der Waals surface area (Å²) in [5.74, 6) is -0.598. The molecule has 0 atom stereocenters. The van der Waals surface area contributed by atoms with Gasteiger partial charge in [0, 0.05) is 6.54 Å². The lowest BCUT2D eigenvalue weighted by Gasteiger charge is -2.04. The van der Waals surface area contributed by atoms with Crippen molar-refractivity contribution in [3.05, 3.63) is 34.1 Å². The van der Waals surface area contributed by atoms with Crippen molar-refractivity contribution in [2.75, 3.05) is 11.9 Å². The summed E-state index contributed by atoms with van der Waals surface area (Å²) in [4.78, 5) is 9.94. The first kappa shape index (κ1) is 10.4. The summed E-state index contributed by atoms with van der Waals surface area (Å²) in [6, 6.07) is 3.49. The Morgan fingerprint density at radius 3 is 2.86 bits per heavy atom. The molecule has 0 fully saturated rings. The number of nitro benzene ring substituents is 1. The highest BCUT2D eigenvalue weighted by molar-refractivity contribution is 5.61. The zero-order chi connectivity index (χ0) is 10.6. The Bertz CT molecular complexity index is 342. The SMILES string of the molecule is CCCNc1ccc(F)cc1[N+](=O)[O-]. The van der Waals surface area contributed by atoms with Crippen LogP contribution in [0.25, 0.3) is 0 Å². The van der Waals surface area contributed by atoms with Crippen LogP contribution < -0.4 is 5.32 Å². The fourth-order valence-electron chi connectivity index (χ4n) is 1.07. The predicted octanol–water partition coefficient (Wildman–Crippen LogP) is 2.56. The van der Waals surface area contributed by atoms with E-state index in [9.17, 15) is 14.5 Å². The summed E-state index contributed by atoms with van der Waals surface area (Å²) in [7, 11) is 0. The molecule has 76 valence electrons. The Hall–Kier alpha value is -1.65. The molecule has 14 heavy (non-hydrogen) atoms. The molecule has 0 aliphatic heterocycles. The van der Waals surface area contributed by atoms with Gasteiger partial charge >= 0.3 is 0 Å². The maximum Gasteiger partial charge on any atom is 0.295 e. The minimum absolute atomic E-state index is 0.224. The van der Waals surface area contributed by atoms with Gasteiger partial charge in [-0.2, -0.15) is 0 Å². The monoisotopic (exact) mass is 198 g/mol. The smallest absolute Gasteiger partial charge is 0.295 e. The molecule has 4 nitrogen and oxygen atoms in total. The van der Waals surface area contributed by atoms with E-state index in [0.717, 1.165) is 12.5 Å². The number of nitrogens with one attached hydrogen (secondary N) is 1. The number of rotatable bonds is 4. The number of anilines is 1. The molecule has 0 heterocycles. The minimum Gasteiger partial charge on any atom is -0.380 e. The number of hydrogen-bond donors (Lipinski definition) is 1. The van der Waals surface area contributed by atoms with Crippen molar-refractivity contribution in [1.82, 2.24) is 0 Å². The van der Waals surface area contributed by atoms with E-state index in [1.165, 1.54) is 12.1 Å². The Labute approximate surface area is 80.9 Å². The van der Waals surface area contributed by atoms with Gasteiger partial charge in [-0.25, -0.2) is 4.39 Å². The van der Waals surface area contributed by atoms with Crippen LogP contribution in [0.15, 0.2) is 18.2 Å². The van der Waals surface area contributed by atoms with Crippen molar-refractivity contribution in [3.8, 4) is 0 Å². The lowest BCUT2D eigenvalue weighted by atomic mass is 10.2. The molecule has 1 aromatic carbocycles. The second-order valence-electron chi connectivity index (χ2n) is 2.85. The fraction of sp³-hybridized carbons (Fsp3) is 0.333. The quantitative estimate of drug-likeness (QED) is 0.597. The molecule has 1 N–H and O–H groups in total.